The summed E-state index contributed by atoms with van der Waals surface area (Å²) < 4.78 is 0. The zero-order valence-corrected chi connectivity index (χ0v) is 40.0. The highest BCUT2D eigenvalue weighted by atomic mass is 14.8. The highest BCUT2D eigenvalue weighted by Gasteiger charge is 2.09. The van der Waals surface area contributed by atoms with E-state index in [-0.39, 0.29) is 7.43 Å². The zero-order valence-electron chi connectivity index (χ0n) is 40.0. The third kappa shape index (κ3) is 12.4. The van der Waals surface area contributed by atoms with Crippen LogP contribution in [0.15, 0.2) is 280 Å². The van der Waals surface area contributed by atoms with Crippen molar-refractivity contribution in [1.29, 1.82) is 0 Å². The molecule has 0 atom stereocenters. The molecule has 0 saturated carbocycles. The van der Waals surface area contributed by atoms with Gasteiger partial charge in [0.25, 0.3) is 0 Å². The minimum absolute atomic E-state index is 0. The second-order valence-corrected chi connectivity index (χ2v) is 16.4. The Kier molecular flexibility index (Phi) is 16.7. The first kappa shape index (κ1) is 49.7. The Morgan fingerprint density at radius 2 is 0.493 bits per heavy atom. The zero-order chi connectivity index (χ0) is 50.0. The molecule has 0 radical (unpaired) electrons. The maximum atomic E-state index is 4.59. The van der Waals surface area contributed by atoms with E-state index in [1.54, 1.807) is 37.2 Å². The largest absolute Gasteiger partial charge is 0.256 e. The van der Waals surface area contributed by atoms with E-state index in [4.69, 9.17) is 0 Å². The highest BCUT2D eigenvalue weighted by molar-refractivity contribution is 6.22. The molecule has 360 valence electrons. The fraction of sp³-hybridized carbons (Fsp3) is 0.0154. The maximum absolute atomic E-state index is 4.59. The van der Waals surface area contributed by atoms with Crippen LogP contribution in [0.25, 0.3) is 99.8 Å². The van der Waals surface area contributed by atoms with Crippen molar-refractivity contribution in [3.63, 3.8) is 0 Å². The summed E-state index contributed by atoms with van der Waals surface area (Å²) in [4.78, 5) is 43.5. The number of rotatable bonds is 4. The van der Waals surface area contributed by atoms with E-state index in [0.717, 1.165) is 78.3 Å². The lowest BCUT2D eigenvalue weighted by Gasteiger charge is -2.07. The van der Waals surface area contributed by atoms with Crippen molar-refractivity contribution in [2.45, 2.75) is 7.43 Å². The summed E-state index contributed by atoms with van der Waals surface area (Å²) in [5.74, 6) is 0. The fourth-order valence-corrected chi connectivity index (χ4v) is 8.17. The molecule has 10 aromatic heterocycles. The molecule has 0 aliphatic carbocycles. The molecule has 14 rings (SSSR count). The molecule has 0 fully saturated rings. The summed E-state index contributed by atoms with van der Waals surface area (Å²) in [6.45, 7) is 0. The first-order valence-electron chi connectivity index (χ1n) is 23.9. The maximum Gasteiger partial charge on any atom is 0.0970 e. The molecule has 75 heavy (non-hydrogen) atoms. The van der Waals surface area contributed by atoms with E-state index in [1.807, 2.05) is 170 Å². The van der Waals surface area contributed by atoms with Gasteiger partial charge in [0.1, 0.15) is 0 Å². The van der Waals surface area contributed by atoms with Crippen molar-refractivity contribution in [2.24, 2.45) is 0 Å². The Hall–Kier alpha value is -10.3. The molecule has 0 saturated heterocycles. The van der Waals surface area contributed by atoms with Gasteiger partial charge in [-0.25, -0.2) is 4.98 Å². The van der Waals surface area contributed by atoms with E-state index in [0.29, 0.717) is 0 Å². The predicted octanol–water partition coefficient (Wildman–Crippen LogP) is 15.5. The number of fused-ring (bicyclic) bond motifs is 9. The summed E-state index contributed by atoms with van der Waals surface area (Å²) in [5, 5.41) is 7.08. The van der Waals surface area contributed by atoms with Crippen molar-refractivity contribution in [3.05, 3.63) is 280 Å². The molecule has 10 nitrogen and oxygen atoms in total. The molecule has 10 heterocycles. The first-order chi connectivity index (χ1) is 36.8. The number of hydrogen-bond acceptors (Lipinski definition) is 10. The summed E-state index contributed by atoms with van der Waals surface area (Å²) in [6.07, 6.45) is 16.1. The van der Waals surface area contributed by atoms with Gasteiger partial charge in [0, 0.05) is 82.9 Å². The normalized spacial score (nSPS) is 10.3. The van der Waals surface area contributed by atoms with Gasteiger partial charge >= 0.3 is 0 Å². The molecule has 4 aromatic carbocycles. The van der Waals surface area contributed by atoms with Crippen LogP contribution in [0.5, 0.6) is 0 Å². The van der Waals surface area contributed by atoms with Crippen LogP contribution in [0, 0.1) is 0 Å². The molecule has 0 amide bonds. The number of hydrogen-bond donors (Lipinski definition) is 0. The molecule has 0 aliphatic heterocycles. The average Bonchev–Trinajstić information content (AvgIpc) is 3.51. The Morgan fingerprint density at radius 1 is 0.187 bits per heavy atom. The Bertz CT molecular complexity index is 3530. The second kappa shape index (κ2) is 25.2. The third-order valence-electron chi connectivity index (χ3n) is 11.6. The molecule has 0 spiro atoms. The standard InChI is InChI=1S/C16H10N2.C15H11N3.C12H8N2.C11H9N.C10H8N2.CH4/c1-2-6-12-11(5-1)13-7-3-9-17-15(13)16-14(12)8-4-10-18-16;1-3-10-16-12(6-1)14-8-5-9-15(18-14)13-7-2-4-11-17-13;1-3-9-5-6-10-4-2-8-14-12(10)11(9)13-7-1;1-2-6-10(7-3-1)11-8-4-5-9-12-11;1-3-7-11-9(5-1)10-6-2-4-8-12-10;/h1-10H;1-11H;1-8H;1-9H;1-8H;1H4. The lowest BCUT2D eigenvalue weighted by atomic mass is 10.0. The summed E-state index contributed by atoms with van der Waals surface area (Å²) in [7, 11) is 0. The second-order valence-electron chi connectivity index (χ2n) is 16.4. The van der Waals surface area contributed by atoms with Crippen molar-refractivity contribution in [1.82, 2.24) is 49.8 Å². The predicted molar refractivity (Wildman–Crippen MR) is 306 cm³/mol. The summed E-state index contributed by atoms with van der Waals surface area (Å²) >= 11 is 0. The summed E-state index contributed by atoms with van der Waals surface area (Å²) in [5.41, 5.74) is 11.4. The van der Waals surface area contributed by atoms with Gasteiger partial charge in [-0.2, -0.15) is 0 Å². The van der Waals surface area contributed by atoms with Crippen molar-refractivity contribution >= 4 is 54.4 Å². The quantitative estimate of drug-likeness (QED) is 0.157. The van der Waals surface area contributed by atoms with E-state index in [9.17, 15) is 0 Å². The highest BCUT2D eigenvalue weighted by Crippen LogP contribution is 2.32. The van der Waals surface area contributed by atoms with Gasteiger partial charge in [-0.05, 0) is 108 Å². The van der Waals surface area contributed by atoms with Gasteiger partial charge < -0.3 is 0 Å². The van der Waals surface area contributed by atoms with Crippen LogP contribution in [0.2, 0.25) is 0 Å². The van der Waals surface area contributed by atoms with Crippen LogP contribution in [0.3, 0.4) is 0 Å². The van der Waals surface area contributed by atoms with Gasteiger partial charge in [0.2, 0.25) is 0 Å². The Balaban J connectivity index is 0.000000116. The summed E-state index contributed by atoms with van der Waals surface area (Å²) in [6, 6.07) is 73.9. The smallest absolute Gasteiger partial charge is 0.0970 e. The van der Waals surface area contributed by atoms with Crippen molar-refractivity contribution in [2.75, 3.05) is 0 Å². The SMILES string of the molecule is C.c1ccc(-c2cccc(-c3ccccn3)n2)nc1.c1ccc(-c2ccccn2)cc1.c1ccc(-c2ccccn2)nc1.c1ccc2c(c1)c1cccnc1c1ncccc21.c1cnc2c(c1)ccc1cccnc12. The lowest BCUT2D eigenvalue weighted by Crippen LogP contribution is -1.90. The third-order valence-corrected chi connectivity index (χ3v) is 11.6. The molecule has 0 bridgehead atoms. The Morgan fingerprint density at radius 3 is 0.893 bits per heavy atom. The van der Waals surface area contributed by atoms with Crippen LogP contribution < -0.4 is 0 Å². The van der Waals surface area contributed by atoms with Crippen LogP contribution in [-0.4, -0.2) is 49.8 Å². The van der Waals surface area contributed by atoms with E-state index in [1.165, 1.54) is 21.5 Å². The van der Waals surface area contributed by atoms with Gasteiger partial charge in [0.15, 0.2) is 0 Å². The van der Waals surface area contributed by atoms with Crippen molar-refractivity contribution in [3.8, 4) is 45.4 Å². The lowest BCUT2D eigenvalue weighted by molar-refractivity contribution is 1.22. The van der Waals surface area contributed by atoms with Crippen molar-refractivity contribution < 1.29 is 0 Å². The molecular formula is C65H50N10. The molecular weight excluding hydrogens is 921 g/mol. The Labute approximate surface area is 435 Å². The van der Waals surface area contributed by atoms with E-state index < -0.39 is 0 Å². The number of aromatic nitrogens is 10. The number of nitrogens with zero attached hydrogens (tertiary/aromatic N) is 10. The molecule has 0 N–H and O–H groups in total. The minimum atomic E-state index is 0. The molecule has 0 unspecified atom stereocenters. The van der Waals surface area contributed by atoms with E-state index >= 15 is 0 Å². The van der Waals surface area contributed by atoms with E-state index in [2.05, 4.69) is 123 Å². The first-order valence-corrected chi connectivity index (χ1v) is 23.9. The van der Waals surface area contributed by atoms with Gasteiger partial charge in [-0.15, -0.1) is 0 Å². The number of benzene rings is 4. The van der Waals surface area contributed by atoms with Gasteiger partial charge in [-0.1, -0.05) is 135 Å². The number of pyridine rings is 10. The van der Waals surface area contributed by atoms with Crippen LogP contribution in [0.4, 0.5) is 0 Å². The topological polar surface area (TPSA) is 129 Å². The van der Waals surface area contributed by atoms with Crippen LogP contribution in [0.1, 0.15) is 7.43 Å². The van der Waals surface area contributed by atoms with Gasteiger partial charge in [-0.3, -0.25) is 44.9 Å². The van der Waals surface area contributed by atoms with Crippen LogP contribution in [-0.2, 0) is 0 Å². The van der Waals surface area contributed by atoms with Gasteiger partial charge in [0.05, 0.1) is 61.9 Å². The average molecular weight is 971 g/mol. The minimum Gasteiger partial charge on any atom is -0.256 e. The monoisotopic (exact) mass is 970 g/mol. The molecule has 0 aliphatic rings. The molecule has 14 aromatic rings. The fourth-order valence-electron chi connectivity index (χ4n) is 8.17. The van der Waals surface area contributed by atoms with Crippen LogP contribution >= 0.6 is 0 Å². The molecule has 10 heteroatoms.